The summed E-state index contributed by atoms with van der Waals surface area (Å²) in [4.78, 5) is 4.61. The first kappa shape index (κ1) is 15.8. The molecule has 114 valence electrons. The van der Waals surface area contributed by atoms with Crippen molar-refractivity contribution in [3.63, 3.8) is 0 Å². The van der Waals surface area contributed by atoms with Crippen molar-refractivity contribution in [1.29, 1.82) is 0 Å². The minimum atomic E-state index is -0.458. The van der Waals surface area contributed by atoms with E-state index in [1.165, 1.54) is 0 Å². The summed E-state index contributed by atoms with van der Waals surface area (Å²) in [6, 6.07) is 0.434. The van der Waals surface area contributed by atoms with Crippen LogP contribution in [-0.2, 0) is 10.3 Å². The Kier molecular flexibility index (Phi) is 5.46. The van der Waals surface area contributed by atoms with E-state index >= 15 is 0 Å². The highest BCUT2D eigenvalue weighted by Gasteiger charge is 2.36. The molecule has 0 radical (unpaired) electrons. The fraction of sp³-hybridized carbons (Fsp3) is 0.857. The maximum absolute atomic E-state index is 5.53. The SMILES string of the molecule is CCCNC1CSCC1c1nc(C(C)(CC)OC)no1. The Bertz CT molecular complexity index is 420. The Labute approximate surface area is 125 Å². The molecule has 0 amide bonds. The van der Waals surface area contributed by atoms with Gasteiger partial charge in [-0.15, -0.1) is 0 Å². The van der Waals surface area contributed by atoms with Gasteiger partial charge in [-0.3, -0.25) is 0 Å². The second kappa shape index (κ2) is 6.91. The fourth-order valence-corrected chi connectivity index (χ4v) is 3.69. The van der Waals surface area contributed by atoms with Crippen LogP contribution in [0.15, 0.2) is 4.52 Å². The van der Waals surface area contributed by atoms with Crippen molar-refractivity contribution in [2.75, 3.05) is 25.2 Å². The van der Waals surface area contributed by atoms with Crippen LogP contribution in [0.2, 0.25) is 0 Å². The van der Waals surface area contributed by atoms with Gasteiger partial charge in [-0.05, 0) is 26.3 Å². The van der Waals surface area contributed by atoms with Gasteiger partial charge in [0.15, 0.2) is 0 Å². The zero-order chi connectivity index (χ0) is 14.6. The van der Waals surface area contributed by atoms with E-state index in [0.29, 0.717) is 17.8 Å². The van der Waals surface area contributed by atoms with Crippen LogP contribution in [0.3, 0.4) is 0 Å². The maximum atomic E-state index is 5.53. The van der Waals surface area contributed by atoms with E-state index in [9.17, 15) is 0 Å². The molecular weight excluding hydrogens is 274 g/mol. The Balaban J connectivity index is 2.11. The van der Waals surface area contributed by atoms with Crippen LogP contribution in [0, 0.1) is 0 Å². The third-order valence-electron chi connectivity index (χ3n) is 4.09. The number of thioether (sulfide) groups is 1. The molecule has 0 spiro atoms. The summed E-state index contributed by atoms with van der Waals surface area (Å²) in [5.74, 6) is 3.86. The lowest BCUT2D eigenvalue weighted by atomic mass is 10.0. The lowest BCUT2D eigenvalue weighted by Crippen LogP contribution is -2.34. The molecule has 20 heavy (non-hydrogen) atoms. The molecule has 2 rings (SSSR count). The third-order valence-corrected chi connectivity index (χ3v) is 5.28. The van der Waals surface area contributed by atoms with Crippen molar-refractivity contribution in [2.45, 2.75) is 51.2 Å². The van der Waals surface area contributed by atoms with Crippen molar-refractivity contribution < 1.29 is 9.26 Å². The zero-order valence-electron chi connectivity index (χ0n) is 12.8. The van der Waals surface area contributed by atoms with Gasteiger partial charge in [0.2, 0.25) is 11.7 Å². The number of hydrogen-bond acceptors (Lipinski definition) is 6. The van der Waals surface area contributed by atoms with Crippen LogP contribution in [0.1, 0.15) is 51.2 Å². The number of rotatable bonds is 7. The monoisotopic (exact) mass is 299 g/mol. The average molecular weight is 299 g/mol. The van der Waals surface area contributed by atoms with Gasteiger partial charge in [0.05, 0.1) is 5.92 Å². The molecular formula is C14H25N3O2S. The standard InChI is InChI=1S/C14H25N3O2S/c1-5-7-15-11-9-20-8-10(11)12-16-13(17-19-12)14(3,6-2)18-4/h10-11,15H,5-9H2,1-4H3. The molecule has 3 atom stereocenters. The molecule has 1 N–H and O–H groups in total. The lowest BCUT2D eigenvalue weighted by molar-refractivity contribution is -0.0106. The van der Waals surface area contributed by atoms with Crippen LogP contribution >= 0.6 is 11.8 Å². The van der Waals surface area contributed by atoms with Gasteiger partial charge in [0.25, 0.3) is 0 Å². The number of ether oxygens (including phenoxy) is 1. The van der Waals surface area contributed by atoms with Crippen LogP contribution < -0.4 is 5.32 Å². The Morgan fingerprint density at radius 1 is 1.45 bits per heavy atom. The summed E-state index contributed by atoms with van der Waals surface area (Å²) in [5.41, 5.74) is -0.458. The summed E-state index contributed by atoms with van der Waals surface area (Å²) in [6.07, 6.45) is 1.96. The van der Waals surface area contributed by atoms with E-state index in [1.807, 2.05) is 18.7 Å². The molecule has 3 unspecified atom stereocenters. The predicted octanol–water partition coefficient (Wildman–Crippen LogP) is 2.54. The van der Waals surface area contributed by atoms with Gasteiger partial charge in [0.1, 0.15) is 5.60 Å². The lowest BCUT2D eigenvalue weighted by Gasteiger charge is -2.22. The number of hydrogen-bond donors (Lipinski definition) is 1. The number of aromatic nitrogens is 2. The maximum Gasteiger partial charge on any atom is 0.232 e. The van der Waals surface area contributed by atoms with Crippen molar-refractivity contribution in [3.8, 4) is 0 Å². The molecule has 5 nitrogen and oxygen atoms in total. The number of nitrogens with zero attached hydrogens (tertiary/aromatic N) is 2. The molecule has 0 saturated carbocycles. The molecule has 1 saturated heterocycles. The summed E-state index contributed by atoms with van der Waals surface area (Å²) in [7, 11) is 1.69. The number of nitrogens with one attached hydrogen (secondary N) is 1. The minimum absolute atomic E-state index is 0.311. The van der Waals surface area contributed by atoms with E-state index in [2.05, 4.69) is 29.3 Å². The van der Waals surface area contributed by atoms with E-state index in [4.69, 9.17) is 9.26 Å². The third kappa shape index (κ3) is 3.18. The van der Waals surface area contributed by atoms with Gasteiger partial charge in [-0.1, -0.05) is 19.0 Å². The first-order chi connectivity index (χ1) is 9.64. The van der Waals surface area contributed by atoms with E-state index in [0.717, 1.165) is 36.8 Å². The van der Waals surface area contributed by atoms with Gasteiger partial charge < -0.3 is 14.6 Å². The van der Waals surface area contributed by atoms with Crippen molar-refractivity contribution in [3.05, 3.63) is 11.7 Å². The molecule has 1 aromatic heterocycles. The predicted molar refractivity (Wildman–Crippen MR) is 81.1 cm³/mol. The summed E-state index contributed by atoms with van der Waals surface area (Å²) >= 11 is 1.94. The molecule has 1 aliphatic rings. The first-order valence-electron chi connectivity index (χ1n) is 7.35. The van der Waals surface area contributed by atoms with Crippen molar-refractivity contribution in [2.24, 2.45) is 0 Å². The quantitative estimate of drug-likeness (QED) is 0.835. The van der Waals surface area contributed by atoms with Gasteiger partial charge in [-0.2, -0.15) is 16.7 Å². The molecule has 1 fully saturated rings. The largest absolute Gasteiger partial charge is 0.370 e. The second-order valence-corrected chi connectivity index (χ2v) is 6.52. The highest BCUT2D eigenvalue weighted by atomic mass is 32.2. The Morgan fingerprint density at radius 2 is 2.25 bits per heavy atom. The smallest absolute Gasteiger partial charge is 0.232 e. The summed E-state index contributed by atoms with van der Waals surface area (Å²) in [5, 5.41) is 7.72. The average Bonchev–Trinajstić information content (AvgIpc) is 3.12. The van der Waals surface area contributed by atoms with Gasteiger partial charge >= 0.3 is 0 Å². The topological polar surface area (TPSA) is 60.2 Å². The second-order valence-electron chi connectivity index (χ2n) is 5.45. The fourth-order valence-electron chi connectivity index (χ4n) is 2.32. The summed E-state index contributed by atoms with van der Waals surface area (Å²) in [6.45, 7) is 7.28. The van der Waals surface area contributed by atoms with Crippen molar-refractivity contribution >= 4 is 11.8 Å². The molecule has 0 aromatic carbocycles. The molecule has 6 heteroatoms. The minimum Gasteiger partial charge on any atom is -0.370 e. The normalized spacial score (nSPS) is 25.8. The molecule has 1 aliphatic heterocycles. The van der Waals surface area contributed by atoms with Crippen LogP contribution in [-0.4, -0.2) is 41.3 Å². The van der Waals surface area contributed by atoms with Crippen LogP contribution in [0.5, 0.6) is 0 Å². The molecule has 0 aliphatic carbocycles. The first-order valence-corrected chi connectivity index (χ1v) is 8.50. The molecule has 1 aromatic rings. The van der Waals surface area contributed by atoms with E-state index < -0.39 is 5.60 Å². The molecule has 2 heterocycles. The zero-order valence-corrected chi connectivity index (χ0v) is 13.6. The Morgan fingerprint density at radius 3 is 2.90 bits per heavy atom. The van der Waals surface area contributed by atoms with E-state index in [-0.39, 0.29) is 0 Å². The van der Waals surface area contributed by atoms with Gasteiger partial charge in [-0.25, -0.2) is 0 Å². The van der Waals surface area contributed by atoms with Gasteiger partial charge in [0, 0.05) is 24.7 Å². The van der Waals surface area contributed by atoms with E-state index in [1.54, 1.807) is 7.11 Å². The Hall–Kier alpha value is -0.590. The number of methoxy groups -OCH3 is 1. The molecule has 0 bridgehead atoms. The summed E-state index contributed by atoms with van der Waals surface area (Å²) < 4.78 is 11.0. The van der Waals surface area contributed by atoms with Crippen molar-refractivity contribution in [1.82, 2.24) is 15.5 Å². The highest BCUT2D eigenvalue weighted by molar-refractivity contribution is 7.99. The van der Waals surface area contributed by atoms with Crippen LogP contribution in [0.25, 0.3) is 0 Å². The highest BCUT2D eigenvalue weighted by Crippen LogP contribution is 2.34. The van der Waals surface area contributed by atoms with Crippen LogP contribution in [0.4, 0.5) is 0 Å².